The van der Waals surface area contributed by atoms with Gasteiger partial charge in [-0.15, -0.1) is 0 Å². The van der Waals surface area contributed by atoms with Crippen LogP contribution in [0.3, 0.4) is 0 Å². The summed E-state index contributed by atoms with van der Waals surface area (Å²) in [6.45, 7) is 0. The number of benzene rings is 1. The van der Waals surface area contributed by atoms with Crippen molar-refractivity contribution in [3.05, 3.63) is 33.4 Å². The van der Waals surface area contributed by atoms with Crippen LogP contribution in [-0.2, 0) is 0 Å². The molecule has 8 heteroatoms. The number of carboxylic acid groups (broad SMARTS) is 2. The Balaban J connectivity index is 3.67. The number of carbonyl (C=O) groups is 2. The Labute approximate surface area is 87.5 Å². The first kappa shape index (κ1) is 11.4. The van der Waals surface area contributed by atoms with Gasteiger partial charge in [0.05, 0.1) is 4.92 Å². The van der Waals surface area contributed by atoms with Gasteiger partial charge in [0.1, 0.15) is 16.9 Å². The monoisotopic (exact) mass is 227 g/mol. The maximum atomic E-state index is 10.6. The van der Waals surface area contributed by atoms with Gasteiger partial charge in [0.15, 0.2) is 0 Å². The van der Waals surface area contributed by atoms with Crippen LogP contribution >= 0.6 is 0 Å². The van der Waals surface area contributed by atoms with Crippen molar-refractivity contribution in [2.45, 2.75) is 0 Å². The summed E-state index contributed by atoms with van der Waals surface area (Å²) >= 11 is 0. The summed E-state index contributed by atoms with van der Waals surface area (Å²) in [6.07, 6.45) is 0. The summed E-state index contributed by atoms with van der Waals surface area (Å²) < 4.78 is 0. The standard InChI is InChI=1S/C8H5NO7/c10-3-1-4(7(11)12)6(9(15)16)5(2-3)8(13)14/h1-2,10H,(H,11,12)(H,13,14). The molecule has 1 rings (SSSR count). The van der Waals surface area contributed by atoms with E-state index in [0.29, 0.717) is 12.1 Å². The summed E-state index contributed by atoms with van der Waals surface area (Å²) in [6, 6.07) is 1.24. The number of phenols is 1. The summed E-state index contributed by atoms with van der Waals surface area (Å²) in [4.78, 5) is 30.7. The largest absolute Gasteiger partial charge is 0.508 e. The average Bonchev–Trinajstić information content (AvgIpc) is 2.15. The molecule has 0 unspecified atom stereocenters. The number of nitrogens with zero attached hydrogens (tertiary/aromatic N) is 1. The summed E-state index contributed by atoms with van der Waals surface area (Å²) in [5, 5.41) is 36.9. The Hall–Kier alpha value is -2.64. The number of aromatic carboxylic acids is 2. The molecule has 16 heavy (non-hydrogen) atoms. The van der Waals surface area contributed by atoms with Gasteiger partial charge in [0.2, 0.25) is 0 Å². The van der Waals surface area contributed by atoms with Crippen molar-refractivity contribution in [2.75, 3.05) is 0 Å². The van der Waals surface area contributed by atoms with E-state index in [1.165, 1.54) is 0 Å². The molecule has 1 aromatic rings. The minimum atomic E-state index is -1.69. The first-order valence-corrected chi connectivity index (χ1v) is 3.82. The van der Waals surface area contributed by atoms with Crippen molar-refractivity contribution < 1.29 is 29.8 Å². The van der Waals surface area contributed by atoms with Crippen molar-refractivity contribution >= 4 is 17.6 Å². The smallest absolute Gasteiger partial charge is 0.342 e. The molecule has 0 heterocycles. The lowest BCUT2D eigenvalue weighted by molar-refractivity contribution is -0.385. The third-order valence-electron chi connectivity index (χ3n) is 1.74. The molecular formula is C8H5NO7. The van der Waals surface area contributed by atoms with Crippen LogP contribution in [0.5, 0.6) is 5.75 Å². The summed E-state index contributed by atoms with van der Waals surface area (Å²) in [7, 11) is 0. The van der Waals surface area contributed by atoms with E-state index in [4.69, 9.17) is 15.3 Å². The van der Waals surface area contributed by atoms with Gasteiger partial charge in [-0.1, -0.05) is 0 Å². The van der Waals surface area contributed by atoms with Crippen molar-refractivity contribution in [3.63, 3.8) is 0 Å². The third-order valence-corrected chi connectivity index (χ3v) is 1.74. The van der Waals surface area contributed by atoms with Crippen LogP contribution in [0, 0.1) is 10.1 Å². The lowest BCUT2D eigenvalue weighted by Gasteiger charge is -2.02. The molecular weight excluding hydrogens is 222 g/mol. The number of nitro groups is 1. The van der Waals surface area contributed by atoms with Crippen LogP contribution in [0.2, 0.25) is 0 Å². The van der Waals surface area contributed by atoms with Crippen LogP contribution in [-0.4, -0.2) is 32.2 Å². The Bertz CT molecular complexity index is 458. The van der Waals surface area contributed by atoms with Gasteiger partial charge in [-0.3, -0.25) is 10.1 Å². The van der Waals surface area contributed by atoms with Gasteiger partial charge in [-0.2, -0.15) is 0 Å². The van der Waals surface area contributed by atoms with Gasteiger partial charge < -0.3 is 15.3 Å². The van der Waals surface area contributed by atoms with Crippen molar-refractivity contribution in [3.8, 4) is 5.75 Å². The van der Waals surface area contributed by atoms with Crippen LogP contribution in [0.25, 0.3) is 0 Å². The van der Waals surface area contributed by atoms with E-state index in [-0.39, 0.29) is 0 Å². The Kier molecular flexibility index (Phi) is 2.75. The molecule has 0 bridgehead atoms. The van der Waals surface area contributed by atoms with E-state index in [9.17, 15) is 19.7 Å². The predicted molar refractivity (Wildman–Crippen MR) is 48.7 cm³/mol. The van der Waals surface area contributed by atoms with E-state index >= 15 is 0 Å². The second-order valence-electron chi connectivity index (χ2n) is 2.76. The highest BCUT2D eigenvalue weighted by Crippen LogP contribution is 2.28. The normalized spacial score (nSPS) is 9.75. The van der Waals surface area contributed by atoms with Gasteiger partial charge in [-0.05, 0) is 0 Å². The van der Waals surface area contributed by atoms with E-state index < -0.39 is 39.4 Å². The molecule has 0 spiro atoms. The third kappa shape index (κ3) is 1.90. The maximum Gasteiger partial charge on any atom is 0.342 e. The zero-order valence-corrected chi connectivity index (χ0v) is 7.58. The first-order chi connectivity index (χ1) is 7.34. The fraction of sp³-hybridized carbons (Fsp3) is 0. The molecule has 1 aromatic carbocycles. The van der Waals surface area contributed by atoms with E-state index in [2.05, 4.69) is 0 Å². The highest BCUT2D eigenvalue weighted by molar-refractivity contribution is 6.01. The molecule has 0 saturated heterocycles. The molecule has 84 valence electrons. The number of hydrogen-bond acceptors (Lipinski definition) is 5. The number of nitro benzene ring substituents is 1. The van der Waals surface area contributed by atoms with E-state index in [1.807, 2.05) is 0 Å². The number of carboxylic acids is 2. The molecule has 0 radical (unpaired) electrons. The first-order valence-electron chi connectivity index (χ1n) is 3.82. The van der Waals surface area contributed by atoms with Crippen LogP contribution in [0.4, 0.5) is 5.69 Å². The zero-order valence-electron chi connectivity index (χ0n) is 7.58. The zero-order chi connectivity index (χ0) is 12.5. The van der Waals surface area contributed by atoms with E-state index in [1.54, 1.807) is 0 Å². The van der Waals surface area contributed by atoms with Gasteiger partial charge in [0.25, 0.3) is 5.69 Å². The minimum Gasteiger partial charge on any atom is -0.508 e. The molecule has 3 N–H and O–H groups in total. The lowest BCUT2D eigenvalue weighted by atomic mass is 10.1. The SMILES string of the molecule is O=C(O)c1cc(O)cc(C(=O)O)c1[N+](=O)[O-]. The molecule has 0 amide bonds. The molecule has 0 aliphatic carbocycles. The Morgan fingerprint density at radius 1 is 1.12 bits per heavy atom. The Morgan fingerprint density at radius 2 is 1.50 bits per heavy atom. The predicted octanol–water partition coefficient (Wildman–Crippen LogP) is 0.697. The van der Waals surface area contributed by atoms with Gasteiger partial charge in [-0.25, -0.2) is 9.59 Å². The molecule has 0 fully saturated rings. The number of hydrogen-bond donors (Lipinski definition) is 3. The summed E-state index contributed by atoms with van der Waals surface area (Å²) in [5.41, 5.74) is -2.80. The fourth-order valence-corrected chi connectivity index (χ4v) is 1.14. The number of rotatable bonds is 3. The highest BCUT2D eigenvalue weighted by atomic mass is 16.6. The highest BCUT2D eigenvalue weighted by Gasteiger charge is 2.29. The second-order valence-corrected chi connectivity index (χ2v) is 2.76. The maximum absolute atomic E-state index is 10.6. The molecule has 0 aromatic heterocycles. The Morgan fingerprint density at radius 3 is 1.75 bits per heavy atom. The fourth-order valence-electron chi connectivity index (χ4n) is 1.14. The quantitative estimate of drug-likeness (QED) is 0.510. The topological polar surface area (TPSA) is 138 Å². The lowest BCUT2D eigenvalue weighted by Crippen LogP contribution is -2.09. The van der Waals surface area contributed by atoms with Crippen LogP contribution in [0.15, 0.2) is 12.1 Å². The molecule has 0 aliphatic heterocycles. The molecule has 0 saturated carbocycles. The number of aromatic hydroxyl groups is 1. The van der Waals surface area contributed by atoms with Gasteiger partial charge >= 0.3 is 11.9 Å². The van der Waals surface area contributed by atoms with Crippen molar-refractivity contribution in [1.82, 2.24) is 0 Å². The van der Waals surface area contributed by atoms with Crippen LogP contribution in [0.1, 0.15) is 20.7 Å². The van der Waals surface area contributed by atoms with Gasteiger partial charge in [0, 0.05) is 12.1 Å². The summed E-state index contributed by atoms with van der Waals surface area (Å²) in [5.74, 6) is -4.05. The van der Waals surface area contributed by atoms with E-state index in [0.717, 1.165) is 0 Å². The molecule has 0 atom stereocenters. The van der Waals surface area contributed by atoms with Crippen molar-refractivity contribution in [1.29, 1.82) is 0 Å². The number of phenolic OH excluding ortho intramolecular Hbond substituents is 1. The minimum absolute atomic E-state index is 0.618. The molecule has 8 nitrogen and oxygen atoms in total. The second kappa shape index (κ2) is 3.85. The van der Waals surface area contributed by atoms with Crippen molar-refractivity contribution in [2.24, 2.45) is 0 Å². The molecule has 0 aliphatic rings. The average molecular weight is 227 g/mol. The van der Waals surface area contributed by atoms with Crippen LogP contribution < -0.4 is 0 Å².